The van der Waals surface area contributed by atoms with Crippen molar-refractivity contribution >= 4 is 22.7 Å². The Bertz CT molecular complexity index is 867. The van der Waals surface area contributed by atoms with Crippen molar-refractivity contribution in [3.8, 4) is 0 Å². The third-order valence-electron chi connectivity index (χ3n) is 4.28. The molecule has 1 aromatic heterocycles. The third-order valence-corrected chi connectivity index (χ3v) is 4.28. The molecular formula is C17H19N3O3. The molecule has 6 nitrogen and oxygen atoms in total. The number of carbonyl (C=O) groups excluding carboxylic acids is 2. The van der Waals surface area contributed by atoms with Gasteiger partial charge in [0.15, 0.2) is 0 Å². The van der Waals surface area contributed by atoms with Crippen molar-refractivity contribution in [2.75, 3.05) is 0 Å². The number of carbonyl (C=O) groups is 2. The number of benzene rings is 1. The van der Waals surface area contributed by atoms with Gasteiger partial charge in [-0.15, -0.1) is 0 Å². The number of nitrogens with one attached hydrogen (secondary N) is 1. The molecule has 1 N–H and O–H groups in total. The normalized spacial score (nSPS) is 18.5. The van der Waals surface area contributed by atoms with Crippen LogP contribution in [0.1, 0.15) is 50.0 Å². The molecule has 0 bridgehead atoms. The minimum Gasteiger partial charge on any atom is -0.295 e. The van der Waals surface area contributed by atoms with Crippen LogP contribution < -0.4 is 10.9 Å². The molecule has 2 aromatic rings. The Hall–Kier alpha value is -2.50. The number of rotatable bonds is 2. The van der Waals surface area contributed by atoms with Crippen LogP contribution in [0.3, 0.4) is 0 Å². The van der Waals surface area contributed by atoms with Crippen LogP contribution in [-0.4, -0.2) is 21.4 Å². The lowest BCUT2D eigenvalue weighted by Gasteiger charge is -2.24. The van der Waals surface area contributed by atoms with E-state index in [-0.39, 0.29) is 23.8 Å². The Morgan fingerprint density at radius 3 is 2.65 bits per heavy atom. The summed E-state index contributed by atoms with van der Waals surface area (Å²) < 4.78 is 1.41. The molecule has 1 aromatic carbocycles. The molecule has 0 aliphatic carbocycles. The highest BCUT2D eigenvalue weighted by atomic mass is 16.2. The Labute approximate surface area is 133 Å². The van der Waals surface area contributed by atoms with Gasteiger partial charge >= 0.3 is 0 Å². The molecule has 1 saturated heterocycles. The minimum absolute atomic E-state index is 0.229. The van der Waals surface area contributed by atoms with Gasteiger partial charge in [0.05, 0.1) is 10.9 Å². The van der Waals surface area contributed by atoms with Gasteiger partial charge in [-0.3, -0.25) is 24.3 Å². The summed E-state index contributed by atoms with van der Waals surface area (Å²) in [6.45, 7) is 5.83. The molecule has 0 saturated carbocycles. The average Bonchev–Trinajstić information content (AvgIpc) is 2.48. The first-order valence-corrected chi connectivity index (χ1v) is 7.75. The quantitative estimate of drug-likeness (QED) is 0.857. The lowest BCUT2D eigenvalue weighted by Crippen LogP contribution is -2.45. The van der Waals surface area contributed by atoms with Crippen LogP contribution in [0.4, 0.5) is 0 Å². The Balaban J connectivity index is 2.22. The van der Waals surface area contributed by atoms with E-state index in [9.17, 15) is 14.4 Å². The number of hydrogen-bond donors (Lipinski definition) is 1. The molecule has 0 spiro atoms. The summed E-state index contributed by atoms with van der Waals surface area (Å²) in [5.41, 5.74) is 1.47. The van der Waals surface area contributed by atoms with Gasteiger partial charge in [-0.05, 0) is 30.9 Å². The van der Waals surface area contributed by atoms with E-state index in [1.54, 1.807) is 13.0 Å². The van der Waals surface area contributed by atoms with Gasteiger partial charge in [0.25, 0.3) is 5.56 Å². The molecule has 0 radical (unpaired) electrons. The number of hydrogen-bond acceptors (Lipinski definition) is 4. The summed E-state index contributed by atoms with van der Waals surface area (Å²) in [6, 6.07) is 4.86. The first-order chi connectivity index (χ1) is 10.9. The van der Waals surface area contributed by atoms with Gasteiger partial charge in [-0.25, -0.2) is 4.98 Å². The molecule has 6 heteroatoms. The van der Waals surface area contributed by atoms with Crippen molar-refractivity contribution in [2.45, 2.75) is 45.6 Å². The number of fused-ring (bicyclic) bond motifs is 1. The van der Waals surface area contributed by atoms with Crippen LogP contribution in [0, 0.1) is 6.92 Å². The van der Waals surface area contributed by atoms with E-state index in [1.807, 2.05) is 12.1 Å². The first-order valence-electron chi connectivity index (χ1n) is 7.75. The van der Waals surface area contributed by atoms with Crippen LogP contribution in [0.5, 0.6) is 0 Å². The maximum atomic E-state index is 12.9. The van der Waals surface area contributed by atoms with Crippen molar-refractivity contribution in [2.24, 2.45) is 0 Å². The van der Waals surface area contributed by atoms with E-state index in [2.05, 4.69) is 24.1 Å². The van der Waals surface area contributed by atoms with Crippen LogP contribution >= 0.6 is 0 Å². The van der Waals surface area contributed by atoms with Crippen molar-refractivity contribution in [3.05, 3.63) is 39.9 Å². The molecule has 23 heavy (non-hydrogen) atoms. The topological polar surface area (TPSA) is 81.1 Å². The molecule has 3 rings (SSSR count). The minimum atomic E-state index is -0.681. The van der Waals surface area contributed by atoms with Crippen LogP contribution in [-0.2, 0) is 9.59 Å². The molecule has 1 unspecified atom stereocenters. The SMILES string of the molecule is Cc1nc2c(C(C)C)cccc2c(=O)n1C1CCC(=O)NC1=O. The number of para-hydroxylation sites is 1. The lowest BCUT2D eigenvalue weighted by atomic mass is 9.99. The predicted molar refractivity (Wildman–Crippen MR) is 86.2 cm³/mol. The van der Waals surface area contributed by atoms with E-state index in [0.717, 1.165) is 5.56 Å². The zero-order chi connectivity index (χ0) is 16.7. The summed E-state index contributed by atoms with van der Waals surface area (Å²) in [7, 11) is 0. The van der Waals surface area contributed by atoms with Gasteiger partial charge in [0.2, 0.25) is 11.8 Å². The maximum Gasteiger partial charge on any atom is 0.262 e. The van der Waals surface area contributed by atoms with Gasteiger partial charge < -0.3 is 0 Å². The standard InChI is InChI=1S/C17H19N3O3/c1-9(2)11-5-4-6-12-15(11)18-10(3)20(17(12)23)13-7-8-14(21)19-16(13)22/h4-6,9,13H,7-8H2,1-3H3,(H,19,21,22). The Morgan fingerprint density at radius 2 is 2.00 bits per heavy atom. The molecular weight excluding hydrogens is 294 g/mol. The number of imide groups is 1. The van der Waals surface area contributed by atoms with Crippen molar-refractivity contribution in [3.63, 3.8) is 0 Å². The predicted octanol–water partition coefficient (Wildman–Crippen LogP) is 1.81. The van der Waals surface area contributed by atoms with Crippen LogP contribution in [0.2, 0.25) is 0 Å². The molecule has 2 amide bonds. The third kappa shape index (κ3) is 2.54. The zero-order valence-corrected chi connectivity index (χ0v) is 13.4. The highest BCUT2D eigenvalue weighted by molar-refractivity contribution is 5.99. The fourth-order valence-corrected chi connectivity index (χ4v) is 3.11. The van der Waals surface area contributed by atoms with E-state index in [4.69, 9.17) is 0 Å². The Morgan fingerprint density at radius 1 is 1.26 bits per heavy atom. The van der Waals surface area contributed by atoms with Crippen LogP contribution in [0.25, 0.3) is 10.9 Å². The van der Waals surface area contributed by atoms with Crippen molar-refractivity contribution in [1.82, 2.24) is 14.9 Å². The van der Waals surface area contributed by atoms with Gasteiger partial charge in [0.1, 0.15) is 11.9 Å². The van der Waals surface area contributed by atoms with E-state index in [0.29, 0.717) is 23.1 Å². The monoisotopic (exact) mass is 313 g/mol. The molecule has 1 atom stereocenters. The number of amides is 2. The summed E-state index contributed by atoms with van der Waals surface area (Å²) in [6.07, 6.45) is 0.550. The maximum absolute atomic E-state index is 12.9. The largest absolute Gasteiger partial charge is 0.295 e. The van der Waals surface area contributed by atoms with Crippen LogP contribution in [0.15, 0.2) is 23.0 Å². The number of aromatic nitrogens is 2. The second kappa shape index (κ2) is 5.61. The average molecular weight is 313 g/mol. The number of piperidine rings is 1. The summed E-state index contributed by atoms with van der Waals surface area (Å²) in [4.78, 5) is 40.9. The molecule has 2 heterocycles. The molecule has 120 valence electrons. The number of nitrogens with zero attached hydrogens (tertiary/aromatic N) is 2. The highest BCUT2D eigenvalue weighted by Crippen LogP contribution is 2.24. The smallest absolute Gasteiger partial charge is 0.262 e. The second-order valence-corrected chi connectivity index (χ2v) is 6.20. The second-order valence-electron chi connectivity index (χ2n) is 6.20. The van der Waals surface area contributed by atoms with E-state index < -0.39 is 11.9 Å². The summed E-state index contributed by atoms with van der Waals surface area (Å²) >= 11 is 0. The summed E-state index contributed by atoms with van der Waals surface area (Å²) in [5.74, 6) is 0.00181. The van der Waals surface area contributed by atoms with Gasteiger partial charge in [-0.2, -0.15) is 0 Å². The van der Waals surface area contributed by atoms with E-state index in [1.165, 1.54) is 4.57 Å². The fourth-order valence-electron chi connectivity index (χ4n) is 3.11. The number of aryl methyl sites for hydroxylation is 1. The zero-order valence-electron chi connectivity index (χ0n) is 13.4. The fraction of sp³-hybridized carbons (Fsp3) is 0.412. The van der Waals surface area contributed by atoms with Gasteiger partial charge in [0, 0.05) is 6.42 Å². The molecule has 1 fully saturated rings. The highest BCUT2D eigenvalue weighted by Gasteiger charge is 2.30. The van der Waals surface area contributed by atoms with Gasteiger partial charge in [-0.1, -0.05) is 26.0 Å². The van der Waals surface area contributed by atoms with Crippen molar-refractivity contribution < 1.29 is 9.59 Å². The summed E-state index contributed by atoms with van der Waals surface area (Å²) in [5, 5.41) is 2.80. The van der Waals surface area contributed by atoms with Crippen molar-refractivity contribution in [1.29, 1.82) is 0 Å². The molecule has 1 aliphatic rings. The molecule has 1 aliphatic heterocycles. The first kappa shape index (κ1) is 15.4. The Kier molecular flexibility index (Phi) is 3.75. The van der Waals surface area contributed by atoms with E-state index >= 15 is 0 Å². The lowest BCUT2D eigenvalue weighted by molar-refractivity contribution is -0.135.